The third-order valence-corrected chi connectivity index (χ3v) is 7.67. The van der Waals surface area contributed by atoms with Gasteiger partial charge in [0, 0.05) is 49.1 Å². The second kappa shape index (κ2) is 13.1. The highest BCUT2D eigenvalue weighted by atomic mass is 16.5. The maximum atomic E-state index is 13.2. The van der Waals surface area contributed by atoms with Crippen LogP contribution in [0.15, 0.2) is 35.1 Å². The van der Waals surface area contributed by atoms with Crippen molar-refractivity contribution in [1.29, 1.82) is 0 Å². The van der Waals surface area contributed by atoms with Gasteiger partial charge in [-0.3, -0.25) is 14.5 Å². The number of aromatic amines is 1. The molecule has 7 heteroatoms. The van der Waals surface area contributed by atoms with Gasteiger partial charge >= 0.3 is 0 Å². The number of hydrogen-bond acceptors (Lipinski definition) is 5. The number of rotatable bonds is 12. The lowest BCUT2D eigenvalue weighted by Crippen LogP contribution is -2.43. The quantitative estimate of drug-likeness (QED) is 0.447. The van der Waals surface area contributed by atoms with Crippen LogP contribution >= 0.6 is 0 Å². The molecular formula is C28H41N3O4. The van der Waals surface area contributed by atoms with Gasteiger partial charge in [-0.2, -0.15) is 0 Å². The van der Waals surface area contributed by atoms with Gasteiger partial charge in [-0.1, -0.05) is 19.3 Å². The summed E-state index contributed by atoms with van der Waals surface area (Å²) in [6, 6.07) is 9.23. The first kappa shape index (κ1) is 25.7. The van der Waals surface area contributed by atoms with E-state index in [9.17, 15) is 14.7 Å². The smallest absolute Gasteiger partial charge is 0.248 e. The number of amides is 1. The van der Waals surface area contributed by atoms with E-state index in [4.69, 9.17) is 4.74 Å². The maximum absolute atomic E-state index is 13.2. The Labute approximate surface area is 208 Å². The van der Waals surface area contributed by atoms with E-state index in [0.717, 1.165) is 68.5 Å². The molecular weight excluding hydrogens is 442 g/mol. The number of nitrogens with one attached hydrogen (secondary N) is 1. The minimum Gasteiger partial charge on any atom is -0.494 e. The van der Waals surface area contributed by atoms with Gasteiger partial charge in [-0.05, 0) is 75.3 Å². The van der Waals surface area contributed by atoms with Gasteiger partial charge in [0.05, 0.1) is 13.2 Å². The molecule has 2 fully saturated rings. The lowest BCUT2D eigenvalue weighted by molar-refractivity contribution is -0.132. The van der Waals surface area contributed by atoms with Crippen LogP contribution in [0.1, 0.15) is 64.2 Å². The highest BCUT2D eigenvalue weighted by Crippen LogP contribution is 2.25. The molecule has 1 aromatic carbocycles. The van der Waals surface area contributed by atoms with Gasteiger partial charge in [0.15, 0.2) is 0 Å². The van der Waals surface area contributed by atoms with Crippen molar-refractivity contribution < 1.29 is 14.6 Å². The van der Waals surface area contributed by atoms with Crippen molar-refractivity contribution in [1.82, 2.24) is 14.8 Å². The van der Waals surface area contributed by atoms with Crippen LogP contribution in [0, 0.1) is 5.92 Å². The summed E-state index contributed by atoms with van der Waals surface area (Å²) in [7, 11) is 0. The third-order valence-electron chi connectivity index (χ3n) is 7.67. The van der Waals surface area contributed by atoms with Gasteiger partial charge < -0.3 is 19.7 Å². The average Bonchev–Trinajstić information content (AvgIpc) is 3.34. The third kappa shape index (κ3) is 7.55. The summed E-state index contributed by atoms with van der Waals surface area (Å²) >= 11 is 0. The summed E-state index contributed by atoms with van der Waals surface area (Å²) < 4.78 is 5.90. The van der Waals surface area contributed by atoms with Crippen LogP contribution in [-0.2, 0) is 4.79 Å². The Kier molecular flexibility index (Phi) is 9.60. The summed E-state index contributed by atoms with van der Waals surface area (Å²) in [5.74, 6) is 1.66. The Morgan fingerprint density at radius 3 is 2.77 bits per heavy atom. The molecule has 2 heterocycles. The van der Waals surface area contributed by atoms with Crippen LogP contribution in [0.2, 0.25) is 0 Å². The summed E-state index contributed by atoms with van der Waals surface area (Å²) in [5, 5.41) is 10.6. The molecule has 7 nitrogen and oxygen atoms in total. The fourth-order valence-electron chi connectivity index (χ4n) is 5.59. The Morgan fingerprint density at radius 2 is 1.94 bits per heavy atom. The number of unbranched alkanes of at least 4 members (excludes halogenated alkanes) is 1. The van der Waals surface area contributed by atoms with Crippen molar-refractivity contribution in [3.8, 4) is 5.75 Å². The number of carbonyl (C=O) groups is 1. The maximum Gasteiger partial charge on any atom is 0.248 e. The van der Waals surface area contributed by atoms with E-state index in [1.165, 1.54) is 38.2 Å². The molecule has 35 heavy (non-hydrogen) atoms. The molecule has 1 aromatic heterocycles. The standard InChI is InChI=1S/C28H41N3O4/c32-21-24-9-6-15-30(24)16-17-31(20-22-7-2-1-3-8-22)28(34)10-4-5-18-35-25-12-13-26-23(19-25)11-14-27(33)29-26/h11-14,19,22,24,32H,1-10,15-18,20-21H2,(H,29,33)/t24-/m0/s1. The molecule has 1 aliphatic heterocycles. The van der Waals surface area contributed by atoms with Crippen LogP contribution in [0.25, 0.3) is 10.9 Å². The molecule has 1 saturated heterocycles. The van der Waals surface area contributed by atoms with Gasteiger partial charge in [0.25, 0.3) is 0 Å². The van der Waals surface area contributed by atoms with Crippen molar-refractivity contribution >= 4 is 16.8 Å². The first-order chi connectivity index (χ1) is 17.1. The highest BCUT2D eigenvalue weighted by Gasteiger charge is 2.26. The molecule has 2 N–H and O–H groups in total. The Balaban J connectivity index is 1.23. The molecule has 1 amide bonds. The van der Waals surface area contributed by atoms with Gasteiger partial charge in [-0.15, -0.1) is 0 Å². The monoisotopic (exact) mass is 483 g/mol. The number of aliphatic hydroxyl groups excluding tert-OH is 1. The molecule has 0 unspecified atom stereocenters. The van der Waals surface area contributed by atoms with E-state index in [2.05, 4.69) is 14.8 Å². The SMILES string of the molecule is O=C(CCCCOc1ccc2[nH]c(=O)ccc2c1)N(CCN1CCC[C@H]1CO)CC1CCCCC1. The number of pyridine rings is 1. The second-order valence-electron chi connectivity index (χ2n) is 10.2. The second-order valence-corrected chi connectivity index (χ2v) is 10.2. The topological polar surface area (TPSA) is 85.9 Å². The minimum absolute atomic E-state index is 0.109. The summed E-state index contributed by atoms with van der Waals surface area (Å²) in [6.45, 7) is 4.31. The molecule has 4 rings (SSSR count). The summed E-state index contributed by atoms with van der Waals surface area (Å²) in [4.78, 5) is 31.9. The minimum atomic E-state index is -0.109. The zero-order valence-corrected chi connectivity index (χ0v) is 20.9. The highest BCUT2D eigenvalue weighted by molar-refractivity contribution is 5.79. The van der Waals surface area contributed by atoms with E-state index >= 15 is 0 Å². The Morgan fingerprint density at radius 1 is 1.09 bits per heavy atom. The van der Waals surface area contributed by atoms with Crippen LogP contribution in [0.5, 0.6) is 5.75 Å². The van der Waals surface area contributed by atoms with Gasteiger partial charge in [0.1, 0.15) is 5.75 Å². The van der Waals surface area contributed by atoms with Crippen molar-refractivity contribution in [3.05, 3.63) is 40.7 Å². The average molecular weight is 484 g/mol. The first-order valence-corrected chi connectivity index (χ1v) is 13.5. The molecule has 1 aliphatic carbocycles. The summed E-state index contributed by atoms with van der Waals surface area (Å²) in [5.41, 5.74) is 0.690. The van der Waals surface area contributed by atoms with E-state index in [1.807, 2.05) is 18.2 Å². The number of H-pyrrole nitrogens is 1. The molecule has 1 atom stereocenters. The van der Waals surface area contributed by atoms with Crippen LogP contribution < -0.4 is 10.3 Å². The van der Waals surface area contributed by atoms with Crippen molar-refractivity contribution in [3.63, 3.8) is 0 Å². The zero-order valence-electron chi connectivity index (χ0n) is 20.9. The molecule has 0 bridgehead atoms. The molecule has 0 spiro atoms. The molecule has 0 radical (unpaired) electrons. The number of carbonyl (C=O) groups excluding carboxylic acids is 1. The number of benzene rings is 1. The Bertz CT molecular complexity index is 1000. The number of fused-ring (bicyclic) bond motifs is 1. The van der Waals surface area contributed by atoms with Crippen molar-refractivity contribution in [2.24, 2.45) is 5.92 Å². The fraction of sp³-hybridized carbons (Fsp3) is 0.643. The van der Waals surface area contributed by atoms with Gasteiger partial charge in [-0.25, -0.2) is 0 Å². The Hall–Kier alpha value is -2.38. The molecule has 2 aromatic rings. The lowest BCUT2D eigenvalue weighted by Gasteiger charge is -2.32. The fourth-order valence-corrected chi connectivity index (χ4v) is 5.59. The van der Waals surface area contributed by atoms with Crippen LogP contribution in [0.3, 0.4) is 0 Å². The summed E-state index contributed by atoms with van der Waals surface area (Å²) in [6.07, 6.45) is 10.8. The number of likely N-dealkylation sites (tertiary alicyclic amines) is 1. The molecule has 192 valence electrons. The molecule has 1 saturated carbocycles. The largest absolute Gasteiger partial charge is 0.494 e. The predicted molar refractivity (Wildman–Crippen MR) is 139 cm³/mol. The number of aliphatic hydroxyl groups is 1. The van der Waals surface area contributed by atoms with E-state index < -0.39 is 0 Å². The van der Waals surface area contributed by atoms with Gasteiger partial charge in [0.2, 0.25) is 11.5 Å². The number of aromatic nitrogens is 1. The number of nitrogens with zero attached hydrogens (tertiary/aromatic N) is 2. The van der Waals surface area contributed by atoms with Crippen LogP contribution in [0.4, 0.5) is 0 Å². The molecule has 2 aliphatic rings. The van der Waals surface area contributed by atoms with E-state index in [-0.39, 0.29) is 24.1 Å². The lowest BCUT2D eigenvalue weighted by atomic mass is 9.89. The number of ether oxygens (including phenoxy) is 1. The van der Waals surface area contributed by atoms with E-state index in [0.29, 0.717) is 18.9 Å². The van der Waals surface area contributed by atoms with Crippen LogP contribution in [-0.4, -0.2) is 71.2 Å². The van der Waals surface area contributed by atoms with Crippen molar-refractivity contribution in [2.45, 2.75) is 70.3 Å². The van der Waals surface area contributed by atoms with E-state index in [1.54, 1.807) is 6.07 Å². The zero-order chi connectivity index (χ0) is 24.5. The first-order valence-electron chi connectivity index (χ1n) is 13.5. The predicted octanol–water partition coefficient (Wildman–Crippen LogP) is 3.94. The van der Waals surface area contributed by atoms with Crippen molar-refractivity contribution in [2.75, 3.05) is 39.4 Å². The normalized spacial score (nSPS) is 19.3. The number of hydrogen-bond donors (Lipinski definition) is 2.